The zero-order chi connectivity index (χ0) is 23.7. The molecule has 1 atom stereocenters. The van der Waals surface area contributed by atoms with Gasteiger partial charge in [-0.3, -0.25) is 14.5 Å². The minimum atomic E-state index is -4.61. The first-order valence-electron chi connectivity index (χ1n) is 9.08. The molecular weight excluding hydrogens is 458 g/mol. The molecule has 0 radical (unpaired) electrons. The fourth-order valence-electron chi connectivity index (χ4n) is 3.04. The molecule has 1 heterocycles. The van der Waals surface area contributed by atoms with Crippen LogP contribution in [0.3, 0.4) is 0 Å². The number of hydrogen-bond donors (Lipinski definition) is 2. The van der Waals surface area contributed by atoms with Crippen molar-refractivity contribution in [3.63, 3.8) is 0 Å². The van der Waals surface area contributed by atoms with Gasteiger partial charge in [0.1, 0.15) is 23.7 Å². The molecular formula is C20H16ClF4N3O4. The summed E-state index contributed by atoms with van der Waals surface area (Å²) in [5.74, 6) is -2.47. The molecule has 1 fully saturated rings. The third-order valence-electron chi connectivity index (χ3n) is 4.61. The first-order chi connectivity index (χ1) is 14.9. The largest absolute Gasteiger partial charge is 0.482 e. The molecule has 0 saturated carbocycles. The molecule has 4 amide bonds. The molecule has 0 bridgehead atoms. The first-order valence-corrected chi connectivity index (χ1v) is 9.46. The minimum absolute atomic E-state index is 0.110. The summed E-state index contributed by atoms with van der Waals surface area (Å²) in [6, 6.07) is 7.61. The topological polar surface area (TPSA) is 87.7 Å². The zero-order valence-electron chi connectivity index (χ0n) is 16.4. The number of rotatable bonds is 6. The Kier molecular flexibility index (Phi) is 6.31. The molecule has 1 saturated heterocycles. The van der Waals surface area contributed by atoms with E-state index < -0.39 is 48.5 Å². The lowest BCUT2D eigenvalue weighted by molar-refractivity contribution is -0.153. The maximum atomic E-state index is 13.2. The lowest BCUT2D eigenvalue weighted by Crippen LogP contribution is -2.42. The Hall–Kier alpha value is -3.34. The van der Waals surface area contributed by atoms with Gasteiger partial charge in [0.2, 0.25) is 5.91 Å². The molecule has 0 aliphatic carbocycles. The van der Waals surface area contributed by atoms with Crippen LogP contribution < -0.4 is 15.4 Å². The molecule has 1 aliphatic heterocycles. The summed E-state index contributed by atoms with van der Waals surface area (Å²) in [6.07, 6.45) is -4.61. The van der Waals surface area contributed by atoms with Crippen molar-refractivity contribution >= 4 is 35.1 Å². The highest BCUT2D eigenvalue weighted by molar-refractivity contribution is 6.31. The second kappa shape index (κ2) is 8.65. The van der Waals surface area contributed by atoms with Gasteiger partial charge in [0, 0.05) is 5.02 Å². The number of urea groups is 1. The number of nitrogens with one attached hydrogen (secondary N) is 2. The van der Waals surface area contributed by atoms with E-state index in [1.807, 2.05) is 0 Å². The number of ether oxygens (including phenoxy) is 1. The van der Waals surface area contributed by atoms with Crippen LogP contribution in [0.15, 0.2) is 42.5 Å². The Morgan fingerprint density at radius 3 is 2.47 bits per heavy atom. The number of anilines is 1. The van der Waals surface area contributed by atoms with Crippen molar-refractivity contribution in [3.05, 3.63) is 58.9 Å². The number of alkyl halides is 3. The number of hydrogen-bond acceptors (Lipinski definition) is 4. The Morgan fingerprint density at radius 2 is 1.84 bits per heavy atom. The van der Waals surface area contributed by atoms with Crippen molar-refractivity contribution in [1.29, 1.82) is 0 Å². The molecule has 1 unspecified atom stereocenters. The summed E-state index contributed by atoms with van der Waals surface area (Å²) in [5.41, 5.74) is -1.39. The number of carbonyl (C=O) groups excluding carboxylic acids is 3. The van der Waals surface area contributed by atoms with Crippen molar-refractivity contribution in [3.8, 4) is 5.75 Å². The van der Waals surface area contributed by atoms with E-state index in [4.69, 9.17) is 11.6 Å². The van der Waals surface area contributed by atoms with E-state index in [1.54, 1.807) is 0 Å². The van der Waals surface area contributed by atoms with Crippen LogP contribution in [0.2, 0.25) is 5.02 Å². The second-order valence-corrected chi connectivity index (χ2v) is 7.48. The van der Waals surface area contributed by atoms with E-state index in [2.05, 4.69) is 15.4 Å². The maximum absolute atomic E-state index is 13.2. The van der Waals surface area contributed by atoms with Crippen molar-refractivity contribution in [2.24, 2.45) is 0 Å². The quantitative estimate of drug-likeness (QED) is 0.493. The molecule has 0 aromatic heterocycles. The van der Waals surface area contributed by atoms with Gasteiger partial charge < -0.3 is 15.4 Å². The van der Waals surface area contributed by atoms with Crippen molar-refractivity contribution in [1.82, 2.24) is 10.2 Å². The molecule has 7 nitrogen and oxygen atoms in total. The summed E-state index contributed by atoms with van der Waals surface area (Å²) < 4.78 is 55.2. The number of benzene rings is 2. The highest BCUT2D eigenvalue weighted by Gasteiger charge is 2.49. The van der Waals surface area contributed by atoms with Gasteiger partial charge in [0.25, 0.3) is 5.91 Å². The number of carbonyl (C=O) groups is 3. The molecule has 0 spiro atoms. The molecule has 170 valence electrons. The zero-order valence-corrected chi connectivity index (χ0v) is 17.2. The third-order valence-corrected chi connectivity index (χ3v) is 4.84. The maximum Gasteiger partial charge on any atom is 0.422 e. The SMILES string of the molecule is CC1(c2ccc(F)cc2)NC(=O)N(CC(=O)Nc2cc(Cl)ccc2OCC(F)(F)F)C1=O. The van der Waals surface area contributed by atoms with Gasteiger partial charge in [-0.15, -0.1) is 0 Å². The molecule has 12 heteroatoms. The van der Waals surface area contributed by atoms with Crippen LogP contribution in [0, 0.1) is 5.82 Å². The van der Waals surface area contributed by atoms with Crippen LogP contribution in [0.25, 0.3) is 0 Å². The van der Waals surface area contributed by atoms with Gasteiger partial charge in [-0.1, -0.05) is 23.7 Å². The van der Waals surface area contributed by atoms with Gasteiger partial charge in [-0.2, -0.15) is 13.2 Å². The summed E-state index contributed by atoms with van der Waals surface area (Å²) in [5, 5.41) is 4.86. The van der Waals surface area contributed by atoms with Crippen molar-refractivity contribution in [2.75, 3.05) is 18.5 Å². The molecule has 2 N–H and O–H groups in total. The van der Waals surface area contributed by atoms with Crippen LogP contribution >= 0.6 is 11.6 Å². The lowest BCUT2D eigenvalue weighted by atomic mass is 9.92. The lowest BCUT2D eigenvalue weighted by Gasteiger charge is -2.22. The normalized spacial score (nSPS) is 18.5. The average molecular weight is 474 g/mol. The molecule has 2 aromatic rings. The van der Waals surface area contributed by atoms with Crippen LogP contribution in [0.5, 0.6) is 5.75 Å². The predicted octanol–water partition coefficient (Wildman–Crippen LogP) is 3.83. The average Bonchev–Trinajstić information content (AvgIpc) is 2.91. The van der Waals surface area contributed by atoms with Crippen LogP contribution in [-0.2, 0) is 15.1 Å². The highest BCUT2D eigenvalue weighted by Crippen LogP contribution is 2.31. The van der Waals surface area contributed by atoms with Gasteiger partial charge in [-0.25, -0.2) is 9.18 Å². The first kappa shape index (κ1) is 23.3. The van der Waals surface area contributed by atoms with Crippen LogP contribution in [0.1, 0.15) is 12.5 Å². The number of halogens is 5. The van der Waals surface area contributed by atoms with E-state index >= 15 is 0 Å². The van der Waals surface area contributed by atoms with Crippen LogP contribution in [0.4, 0.5) is 28.0 Å². The monoisotopic (exact) mass is 473 g/mol. The molecule has 3 rings (SSSR count). The minimum Gasteiger partial charge on any atom is -0.482 e. The van der Waals surface area contributed by atoms with Crippen molar-refractivity contribution < 1.29 is 36.7 Å². The Labute approximate surface area is 184 Å². The molecule has 2 aromatic carbocycles. The Bertz CT molecular complexity index is 1060. The summed E-state index contributed by atoms with van der Waals surface area (Å²) in [6.45, 7) is -0.925. The van der Waals surface area contributed by atoms with Gasteiger partial charge in [0.15, 0.2) is 6.61 Å². The van der Waals surface area contributed by atoms with Gasteiger partial charge in [0.05, 0.1) is 5.69 Å². The van der Waals surface area contributed by atoms with E-state index in [0.717, 1.165) is 18.2 Å². The summed E-state index contributed by atoms with van der Waals surface area (Å²) >= 11 is 5.84. The highest BCUT2D eigenvalue weighted by atomic mass is 35.5. The molecule has 1 aliphatic rings. The van der Waals surface area contributed by atoms with Crippen LogP contribution in [-0.4, -0.2) is 42.1 Å². The smallest absolute Gasteiger partial charge is 0.422 e. The molecule has 32 heavy (non-hydrogen) atoms. The second-order valence-electron chi connectivity index (χ2n) is 7.05. The van der Waals surface area contributed by atoms with Crippen molar-refractivity contribution in [2.45, 2.75) is 18.6 Å². The van der Waals surface area contributed by atoms with Gasteiger partial charge in [-0.05, 0) is 42.8 Å². The van der Waals surface area contributed by atoms with E-state index in [9.17, 15) is 31.9 Å². The fraction of sp³-hybridized carbons (Fsp3) is 0.250. The fourth-order valence-corrected chi connectivity index (χ4v) is 3.21. The predicted molar refractivity (Wildman–Crippen MR) is 106 cm³/mol. The standard InChI is InChI=1S/C20H16ClF4N3O4/c1-19(11-2-5-13(22)6-3-11)17(30)28(18(31)27-19)9-16(29)26-14-8-12(21)4-7-15(14)32-10-20(23,24)25/h2-8H,9-10H2,1H3,(H,26,29)(H,27,31). The Balaban J connectivity index is 1.74. The van der Waals surface area contributed by atoms with E-state index in [0.29, 0.717) is 10.5 Å². The number of imide groups is 1. The summed E-state index contributed by atoms with van der Waals surface area (Å²) in [7, 11) is 0. The third kappa shape index (κ3) is 5.10. The Morgan fingerprint density at radius 1 is 1.19 bits per heavy atom. The van der Waals surface area contributed by atoms with E-state index in [1.165, 1.54) is 31.2 Å². The number of nitrogens with zero attached hydrogens (tertiary/aromatic N) is 1. The summed E-state index contributed by atoms with van der Waals surface area (Å²) in [4.78, 5) is 38.3. The number of amides is 4. The van der Waals surface area contributed by atoms with Gasteiger partial charge >= 0.3 is 12.2 Å². The van der Waals surface area contributed by atoms with E-state index in [-0.39, 0.29) is 16.5 Å².